The number of amides is 1. The van der Waals surface area contributed by atoms with Gasteiger partial charge in [0.1, 0.15) is 0 Å². The van der Waals surface area contributed by atoms with E-state index >= 15 is 0 Å². The minimum absolute atomic E-state index is 0.162. The summed E-state index contributed by atoms with van der Waals surface area (Å²) in [7, 11) is 1.32. The molecule has 6 heteroatoms. The lowest BCUT2D eigenvalue weighted by Crippen LogP contribution is -2.26. The average Bonchev–Trinajstić information content (AvgIpc) is 3.01. The predicted molar refractivity (Wildman–Crippen MR) is 73.0 cm³/mol. The van der Waals surface area contributed by atoms with E-state index in [2.05, 4.69) is 20.3 Å². The standard InChI is InChI=1S/C14H15N3O3/c1-20-13(18)6-7-15-14(19)11-4-2-10(3-5-11)12-8-16-17-9-12/h2-5,8-9H,6-7H2,1H3,(H,15,19)(H,16,17). The predicted octanol–water partition coefficient (Wildman–Crippen LogP) is 1.37. The highest BCUT2D eigenvalue weighted by Crippen LogP contribution is 2.17. The SMILES string of the molecule is COC(=O)CCNC(=O)c1ccc(-c2cn[nH]c2)cc1. The molecule has 0 spiro atoms. The molecule has 0 aliphatic rings. The van der Waals surface area contributed by atoms with Crippen molar-refractivity contribution in [1.29, 1.82) is 0 Å². The van der Waals surface area contributed by atoms with Crippen molar-refractivity contribution in [2.24, 2.45) is 0 Å². The largest absolute Gasteiger partial charge is 0.469 e. The summed E-state index contributed by atoms with van der Waals surface area (Å²) in [5, 5.41) is 9.27. The van der Waals surface area contributed by atoms with E-state index in [0.29, 0.717) is 5.56 Å². The first kappa shape index (κ1) is 13.8. The maximum absolute atomic E-state index is 11.8. The van der Waals surface area contributed by atoms with Crippen LogP contribution in [0.3, 0.4) is 0 Å². The molecule has 1 aromatic carbocycles. The number of carbonyl (C=O) groups excluding carboxylic acids is 2. The Hall–Kier alpha value is -2.63. The van der Waals surface area contributed by atoms with Gasteiger partial charge in [0.05, 0.1) is 19.7 Å². The molecule has 1 heterocycles. The second-order valence-corrected chi connectivity index (χ2v) is 4.15. The molecule has 0 radical (unpaired) electrons. The van der Waals surface area contributed by atoms with Crippen LogP contribution in [-0.4, -0.2) is 35.7 Å². The molecule has 2 aromatic rings. The molecule has 0 saturated heterocycles. The van der Waals surface area contributed by atoms with E-state index in [4.69, 9.17) is 0 Å². The Bertz CT molecular complexity index is 576. The van der Waals surface area contributed by atoms with Gasteiger partial charge in [-0.05, 0) is 17.7 Å². The van der Waals surface area contributed by atoms with Crippen LogP contribution >= 0.6 is 0 Å². The van der Waals surface area contributed by atoms with Gasteiger partial charge in [-0.2, -0.15) is 5.10 Å². The summed E-state index contributed by atoms with van der Waals surface area (Å²) in [6, 6.07) is 7.16. The second-order valence-electron chi connectivity index (χ2n) is 4.15. The number of H-pyrrole nitrogens is 1. The Kier molecular flexibility index (Phi) is 4.49. The topological polar surface area (TPSA) is 84.1 Å². The van der Waals surface area contributed by atoms with Crippen molar-refractivity contribution in [2.45, 2.75) is 6.42 Å². The van der Waals surface area contributed by atoms with Gasteiger partial charge in [-0.15, -0.1) is 0 Å². The number of hydrogen-bond donors (Lipinski definition) is 2. The Labute approximate surface area is 116 Å². The molecule has 1 amide bonds. The first-order chi connectivity index (χ1) is 9.70. The lowest BCUT2D eigenvalue weighted by molar-refractivity contribution is -0.140. The summed E-state index contributed by atoms with van der Waals surface area (Å²) < 4.78 is 4.50. The molecule has 20 heavy (non-hydrogen) atoms. The lowest BCUT2D eigenvalue weighted by Gasteiger charge is -2.05. The number of hydrogen-bond acceptors (Lipinski definition) is 4. The number of aromatic amines is 1. The number of methoxy groups -OCH3 is 1. The van der Waals surface area contributed by atoms with E-state index in [9.17, 15) is 9.59 Å². The van der Waals surface area contributed by atoms with Crippen LogP contribution in [0.4, 0.5) is 0 Å². The highest BCUT2D eigenvalue weighted by molar-refractivity contribution is 5.94. The van der Waals surface area contributed by atoms with Crippen LogP contribution in [0.15, 0.2) is 36.7 Å². The molecule has 0 aliphatic carbocycles. The molecule has 2 rings (SSSR count). The van der Waals surface area contributed by atoms with E-state index in [1.54, 1.807) is 24.5 Å². The number of ether oxygens (including phenoxy) is 1. The third-order valence-electron chi connectivity index (χ3n) is 2.82. The second kappa shape index (κ2) is 6.51. The third-order valence-corrected chi connectivity index (χ3v) is 2.82. The monoisotopic (exact) mass is 273 g/mol. The van der Waals surface area contributed by atoms with E-state index in [1.807, 2.05) is 12.1 Å². The average molecular weight is 273 g/mol. The van der Waals surface area contributed by atoms with Gasteiger partial charge in [-0.25, -0.2) is 0 Å². The Morgan fingerprint density at radius 2 is 2.00 bits per heavy atom. The Morgan fingerprint density at radius 3 is 2.60 bits per heavy atom. The molecule has 0 aliphatic heterocycles. The summed E-state index contributed by atoms with van der Waals surface area (Å²) in [5.41, 5.74) is 2.48. The van der Waals surface area contributed by atoms with Crippen molar-refractivity contribution in [1.82, 2.24) is 15.5 Å². The van der Waals surface area contributed by atoms with Crippen LogP contribution in [0, 0.1) is 0 Å². The number of esters is 1. The van der Waals surface area contributed by atoms with Gasteiger partial charge in [-0.1, -0.05) is 12.1 Å². The zero-order valence-electron chi connectivity index (χ0n) is 11.1. The number of nitrogens with zero attached hydrogens (tertiary/aromatic N) is 1. The van der Waals surface area contributed by atoms with Crippen molar-refractivity contribution in [3.05, 3.63) is 42.2 Å². The Balaban J connectivity index is 1.92. The number of aromatic nitrogens is 2. The molecule has 0 bridgehead atoms. The van der Waals surface area contributed by atoms with Gasteiger partial charge in [0, 0.05) is 23.9 Å². The highest BCUT2D eigenvalue weighted by Gasteiger charge is 2.07. The molecule has 6 nitrogen and oxygen atoms in total. The van der Waals surface area contributed by atoms with Gasteiger partial charge >= 0.3 is 5.97 Å². The number of nitrogens with one attached hydrogen (secondary N) is 2. The Morgan fingerprint density at radius 1 is 1.25 bits per heavy atom. The molecular formula is C14H15N3O3. The fourth-order valence-corrected chi connectivity index (χ4v) is 1.71. The van der Waals surface area contributed by atoms with Crippen molar-refractivity contribution < 1.29 is 14.3 Å². The van der Waals surface area contributed by atoms with E-state index < -0.39 is 0 Å². The van der Waals surface area contributed by atoms with Gasteiger partial charge in [-0.3, -0.25) is 14.7 Å². The van der Waals surface area contributed by atoms with Gasteiger partial charge in [0.25, 0.3) is 5.91 Å². The van der Waals surface area contributed by atoms with Crippen molar-refractivity contribution >= 4 is 11.9 Å². The zero-order valence-corrected chi connectivity index (χ0v) is 11.1. The first-order valence-electron chi connectivity index (χ1n) is 6.15. The minimum Gasteiger partial charge on any atom is -0.469 e. The smallest absolute Gasteiger partial charge is 0.307 e. The van der Waals surface area contributed by atoms with Gasteiger partial charge in [0.2, 0.25) is 0 Å². The minimum atomic E-state index is -0.347. The summed E-state index contributed by atoms with van der Waals surface area (Å²) in [5.74, 6) is -0.562. The molecule has 0 saturated carbocycles. The molecule has 0 fully saturated rings. The fraction of sp³-hybridized carbons (Fsp3) is 0.214. The summed E-state index contributed by atoms with van der Waals surface area (Å²) in [6.07, 6.45) is 3.66. The normalized spacial score (nSPS) is 10.1. The third kappa shape index (κ3) is 3.44. The molecule has 1 aromatic heterocycles. The maximum Gasteiger partial charge on any atom is 0.307 e. The van der Waals surface area contributed by atoms with Gasteiger partial charge < -0.3 is 10.1 Å². The van der Waals surface area contributed by atoms with Crippen LogP contribution < -0.4 is 5.32 Å². The zero-order chi connectivity index (χ0) is 14.4. The maximum atomic E-state index is 11.8. The summed E-state index contributed by atoms with van der Waals surface area (Å²) in [4.78, 5) is 22.8. The highest BCUT2D eigenvalue weighted by atomic mass is 16.5. The van der Waals surface area contributed by atoms with Crippen molar-refractivity contribution in [2.75, 3.05) is 13.7 Å². The van der Waals surface area contributed by atoms with Crippen LogP contribution in [0.1, 0.15) is 16.8 Å². The van der Waals surface area contributed by atoms with Crippen LogP contribution in [-0.2, 0) is 9.53 Å². The van der Waals surface area contributed by atoms with Crippen LogP contribution in [0.25, 0.3) is 11.1 Å². The summed E-state index contributed by atoms with van der Waals surface area (Å²) in [6.45, 7) is 0.259. The van der Waals surface area contributed by atoms with Crippen LogP contribution in [0.2, 0.25) is 0 Å². The van der Waals surface area contributed by atoms with Crippen molar-refractivity contribution in [3.8, 4) is 11.1 Å². The van der Waals surface area contributed by atoms with Gasteiger partial charge in [0.15, 0.2) is 0 Å². The lowest BCUT2D eigenvalue weighted by atomic mass is 10.1. The number of rotatable bonds is 5. The summed E-state index contributed by atoms with van der Waals surface area (Å²) >= 11 is 0. The van der Waals surface area contributed by atoms with E-state index in [1.165, 1.54) is 7.11 Å². The molecule has 0 atom stereocenters. The fourth-order valence-electron chi connectivity index (χ4n) is 1.71. The molecule has 104 valence electrons. The first-order valence-corrected chi connectivity index (χ1v) is 6.15. The molecule has 0 unspecified atom stereocenters. The quantitative estimate of drug-likeness (QED) is 0.806. The van der Waals surface area contributed by atoms with Crippen molar-refractivity contribution in [3.63, 3.8) is 0 Å². The molecular weight excluding hydrogens is 258 g/mol. The van der Waals surface area contributed by atoms with E-state index in [0.717, 1.165) is 11.1 Å². The molecule has 2 N–H and O–H groups in total. The van der Waals surface area contributed by atoms with Crippen LogP contribution in [0.5, 0.6) is 0 Å². The number of carbonyl (C=O) groups is 2. The number of benzene rings is 1. The van der Waals surface area contributed by atoms with E-state index in [-0.39, 0.29) is 24.8 Å².